The Morgan fingerprint density at radius 3 is 1.94 bits per heavy atom. The summed E-state index contributed by atoms with van der Waals surface area (Å²) in [5, 5.41) is 150. The molecule has 39 heteroatoms. The molecule has 22 N–H and O–H groups in total. The maximum Gasteiger partial charge on any atom is 0.326 e. The number of likely N-dealkylation sites (N-methyl/N-ethyl adjacent to an activating group) is 1. The van der Waals surface area contributed by atoms with Gasteiger partial charge in [0.15, 0.2) is 23.9 Å². The Kier molecular flexibility index (Phi) is 27.6. The number of aliphatic hydroxyl groups is 6. The minimum Gasteiger partial charge on any atom is -0.508 e. The molecule has 19 atom stereocenters. The molecule has 0 spiro atoms. The predicted octanol–water partition coefficient (Wildman–Crippen LogP) is 2.56. The van der Waals surface area contributed by atoms with Crippen LogP contribution < -0.4 is 67.8 Å². The lowest BCUT2D eigenvalue weighted by Gasteiger charge is -2.48. The number of benzene rings is 7. The number of carboxylic acids is 2. The van der Waals surface area contributed by atoms with Gasteiger partial charge in [-0.2, -0.15) is 0 Å². The van der Waals surface area contributed by atoms with Gasteiger partial charge in [0, 0.05) is 40.7 Å². The first-order chi connectivity index (χ1) is 57.9. The van der Waals surface area contributed by atoms with Gasteiger partial charge < -0.3 is 138 Å². The van der Waals surface area contributed by atoms with Crippen LogP contribution in [-0.2, 0) is 68.7 Å². The van der Waals surface area contributed by atoms with Gasteiger partial charge in [-0.05, 0) is 144 Å². The van der Waals surface area contributed by atoms with Crippen molar-refractivity contribution in [2.45, 2.75) is 175 Å². The summed E-state index contributed by atoms with van der Waals surface area (Å²) in [5.41, 5.74) is 3.95. The minimum absolute atomic E-state index is 0.124. The van der Waals surface area contributed by atoms with Crippen LogP contribution in [0.1, 0.15) is 117 Å². The number of nitrogens with two attached hydrogens (primary N) is 1. The summed E-state index contributed by atoms with van der Waals surface area (Å²) < 4.78 is 39.5. The fourth-order valence-electron chi connectivity index (χ4n) is 15.0. The number of primary amides is 1. The number of fused-ring (bicyclic) bond motifs is 15. The second-order valence-electron chi connectivity index (χ2n) is 30.7. The summed E-state index contributed by atoms with van der Waals surface area (Å²) in [6.07, 6.45) is -20.1. The fourth-order valence-corrected chi connectivity index (χ4v) is 15.4. The number of rotatable bonds is 21. The first kappa shape index (κ1) is 89.4. The molecule has 7 aromatic carbocycles. The number of carbonyl (C=O) groups excluding carboxylic acids is 8. The van der Waals surface area contributed by atoms with E-state index in [4.69, 9.17) is 57.4 Å². The summed E-state index contributed by atoms with van der Waals surface area (Å²) in [6.45, 7) is 6.09. The fraction of sp³-hybridized carbons (Fsp3) is 0.373. The van der Waals surface area contributed by atoms with Crippen LogP contribution in [0.15, 0.2) is 133 Å². The van der Waals surface area contributed by atoms with E-state index in [1.165, 1.54) is 31.3 Å². The van der Waals surface area contributed by atoms with Crippen LogP contribution in [0.2, 0.25) is 10.0 Å². The molecule has 11 bridgehead atoms. The molecule has 3 unspecified atom stereocenters. The van der Waals surface area contributed by atoms with Crippen molar-refractivity contribution in [3.05, 3.63) is 177 Å². The van der Waals surface area contributed by atoms with Crippen LogP contribution in [0.4, 0.5) is 0 Å². The van der Waals surface area contributed by atoms with Crippen LogP contribution in [0, 0.1) is 5.92 Å². The Morgan fingerprint density at radius 1 is 0.664 bits per heavy atom. The maximum absolute atomic E-state index is 16.3. The normalized spacial score (nSPS) is 26.5. The number of carboxylic acid groups (broad SMARTS) is 2. The van der Waals surface area contributed by atoms with Crippen LogP contribution >= 0.6 is 23.2 Å². The number of halogens is 2. The molecule has 0 radical (unpaired) electrons. The molecule has 8 amide bonds. The standard InChI is InChI=1S/C83H90Cl2N10O27/c1-34(2)22-49(87-5)74(108)94-66-68(104)41-15-21-54(48(85)24-41)119-56-26-42-25-55(71(56)122-82-72(70(106)69(105)57(33-96)120-82)121-60-31-83(4,73(107)35(3)117-60)88-32-36-6-8-37(9-7-36)38-10-16-43(84)17-11-38)118-45-18-12-39(13-19-45)67(103)65-80(114)93-64(78(112)90-51(81(115)116)30-59(101)102)47-27-44(97)28-53(99)61(47)46-23-40(14-20-52(46)98)62(76(110)95-65)92-77(111)63(42)91-75(109)50(29-58(86)100)89-79(66)113/h6-21,23-28,34-35,49-51,57,60,62-70,72-73,82,87-88,96-99,103-107H,22,29-33H2,1-5H3,(H2,86,100)(H,89,113)(H,90,112)(H,91,109)(H,92,111)(H,93,114)(H,94,108)(H,95,110)(H,101,102)(H,115,116)/t35-,49-,50-,51?,57+,60-,62?,63+,64-,65-,66?,67+,68+,69+,70-,72+,73+,82-,83-/m0/s1. The third-order valence-electron chi connectivity index (χ3n) is 21.5. The van der Waals surface area contributed by atoms with E-state index in [-0.39, 0.29) is 53.0 Å². The van der Waals surface area contributed by atoms with Crippen LogP contribution in [0.5, 0.6) is 46.0 Å². The Hall–Kier alpha value is -11.8. The highest BCUT2D eigenvalue weighted by Gasteiger charge is 2.52. The lowest BCUT2D eigenvalue weighted by molar-refractivity contribution is -0.334. The van der Waals surface area contributed by atoms with E-state index in [0.29, 0.717) is 11.1 Å². The SMILES string of the molecule is CN[C@@H](CC(C)C)C(=O)NC1C(=O)N[C@@H](CC(N)=O)C(=O)N[C@H]2C(=O)NC3C(=O)N[C@H](C(=O)N[C@H](C(=O)NC(CC(=O)O)C(=O)O)c4cc(O)cc(O)c4-c4cc3ccc4O)[C@H](O)c3ccc(cc3)Oc3cc2cc(c3O[C@@H]2O[C@H](CO)[C@@H](O)[C@H](O)[C@H]2O[C@H]2C[C@](C)(NCc3ccc(-c4ccc(Cl)cc4)cc3)[C@H](O)[C@H](C)O2)Oc2ccc(cc2Cl)[C@H]1O. The molecule has 7 aliphatic heterocycles. The van der Waals surface area contributed by atoms with Gasteiger partial charge >= 0.3 is 11.9 Å². The predicted molar refractivity (Wildman–Crippen MR) is 428 cm³/mol. The van der Waals surface area contributed by atoms with E-state index in [1.807, 2.05) is 55.6 Å². The van der Waals surface area contributed by atoms with Crippen LogP contribution in [-0.4, -0.2) is 214 Å². The van der Waals surface area contributed by atoms with Crippen molar-refractivity contribution < 1.29 is 133 Å². The van der Waals surface area contributed by atoms with Gasteiger partial charge in [0.05, 0.1) is 42.7 Å². The van der Waals surface area contributed by atoms with Gasteiger partial charge in [0.2, 0.25) is 59.3 Å². The molecule has 7 aliphatic rings. The second kappa shape index (κ2) is 37.7. The molecule has 0 saturated carbocycles. The average Bonchev–Trinajstić information content (AvgIpc) is 0.765. The second-order valence-corrected chi connectivity index (χ2v) is 31.6. The molecule has 2 saturated heterocycles. The zero-order valence-electron chi connectivity index (χ0n) is 65.7. The van der Waals surface area contributed by atoms with Gasteiger partial charge in [0.1, 0.15) is 102 Å². The lowest BCUT2D eigenvalue weighted by Crippen LogP contribution is -2.65. The molecule has 2 fully saturated rings. The average molecular weight is 1730 g/mol. The van der Waals surface area contributed by atoms with Gasteiger partial charge in [-0.15, -0.1) is 0 Å². The minimum atomic E-state index is -2.39. The number of aromatic hydroxyl groups is 3. The summed E-state index contributed by atoms with van der Waals surface area (Å²) in [6, 6.07) is 12.7. The number of carbonyl (C=O) groups is 10. The third-order valence-corrected chi connectivity index (χ3v) is 22.0. The molecule has 37 nitrogen and oxygen atoms in total. The van der Waals surface area contributed by atoms with Gasteiger partial charge in [-0.1, -0.05) is 97.7 Å². The molecule has 122 heavy (non-hydrogen) atoms. The third kappa shape index (κ3) is 20.0. The number of nitrogens with one attached hydrogen (secondary N) is 9. The highest BCUT2D eigenvalue weighted by molar-refractivity contribution is 6.32. The van der Waals surface area contributed by atoms with Gasteiger partial charge in [0.25, 0.3) is 0 Å². The smallest absolute Gasteiger partial charge is 0.326 e. The Labute approximate surface area is 705 Å². The van der Waals surface area contributed by atoms with Crippen molar-refractivity contribution in [3.8, 4) is 68.2 Å². The van der Waals surface area contributed by atoms with Crippen molar-refractivity contribution in [3.63, 3.8) is 0 Å². The van der Waals surface area contributed by atoms with Crippen molar-refractivity contribution in [2.75, 3.05) is 13.7 Å². The zero-order valence-corrected chi connectivity index (χ0v) is 67.2. The number of aliphatic carboxylic acids is 2. The number of hydrogen-bond acceptors (Lipinski definition) is 27. The molecule has 7 heterocycles. The molecule has 648 valence electrons. The monoisotopic (exact) mass is 1730 g/mol. The van der Waals surface area contributed by atoms with E-state index >= 15 is 24.0 Å². The van der Waals surface area contributed by atoms with Crippen LogP contribution in [0.25, 0.3) is 22.3 Å². The highest BCUT2D eigenvalue weighted by Crippen LogP contribution is 2.50. The summed E-state index contributed by atoms with van der Waals surface area (Å²) >= 11 is 13.3. The Morgan fingerprint density at radius 2 is 1.30 bits per heavy atom. The topological polar surface area (TPSA) is 583 Å². The molecular formula is C83H90Cl2N10O27. The van der Waals surface area contributed by atoms with Gasteiger partial charge in [-0.3, -0.25) is 43.2 Å². The molecular weight excluding hydrogens is 1640 g/mol. The lowest BCUT2D eigenvalue weighted by atomic mass is 9.84. The summed E-state index contributed by atoms with van der Waals surface area (Å²) in [7, 11) is 1.46. The maximum atomic E-state index is 16.3. The highest BCUT2D eigenvalue weighted by atomic mass is 35.5. The zero-order chi connectivity index (χ0) is 88.2. The number of hydrogen-bond donors (Lipinski definition) is 21. The molecule has 7 aromatic rings. The first-order valence-corrected chi connectivity index (χ1v) is 39.2. The Bertz CT molecular complexity index is 5150. The van der Waals surface area contributed by atoms with Crippen LogP contribution in [0.3, 0.4) is 0 Å². The molecule has 0 aliphatic carbocycles. The van der Waals surface area contributed by atoms with Crippen molar-refractivity contribution in [1.29, 1.82) is 0 Å². The number of aliphatic hydroxyl groups excluding tert-OH is 6. The summed E-state index contributed by atoms with van der Waals surface area (Å²) in [4.78, 5) is 145. The van der Waals surface area contributed by atoms with E-state index in [0.717, 1.165) is 71.3 Å². The largest absolute Gasteiger partial charge is 0.508 e. The number of ether oxygens (including phenoxy) is 6. The van der Waals surface area contributed by atoms with E-state index < -0.39 is 256 Å². The number of amides is 8. The summed E-state index contributed by atoms with van der Waals surface area (Å²) in [5.74, 6) is -19.7. The van der Waals surface area contributed by atoms with E-state index in [1.54, 1.807) is 26.0 Å². The van der Waals surface area contributed by atoms with E-state index in [2.05, 4.69) is 42.5 Å². The Balaban J connectivity index is 1.04. The van der Waals surface area contributed by atoms with Gasteiger partial charge in [-0.25, -0.2) is 4.79 Å². The van der Waals surface area contributed by atoms with Crippen molar-refractivity contribution >= 4 is 82.4 Å². The van der Waals surface area contributed by atoms with E-state index in [9.17, 15) is 80.1 Å². The molecule has 14 rings (SSSR count). The van der Waals surface area contributed by atoms with Crippen molar-refractivity contribution in [1.82, 2.24) is 47.9 Å². The quantitative estimate of drug-likeness (QED) is 0.0491. The van der Waals surface area contributed by atoms with Crippen molar-refractivity contribution in [2.24, 2.45) is 11.7 Å². The first-order valence-electron chi connectivity index (χ1n) is 38.5. The number of phenolic OH excluding ortho intramolecular Hbond substituents is 3. The number of phenols is 3. The molecule has 0 aromatic heterocycles.